The van der Waals surface area contributed by atoms with Gasteiger partial charge in [-0.05, 0) is 17.7 Å². The first kappa shape index (κ1) is 14.3. The second-order valence-electron chi connectivity index (χ2n) is 4.16. The van der Waals surface area contributed by atoms with Crippen LogP contribution in [0.25, 0.3) is 0 Å². The zero-order valence-corrected chi connectivity index (χ0v) is 12.4. The minimum Gasteiger partial charge on any atom is -0.496 e. The lowest BCUT2D eigenvalue weighted by atomic mass is 10.2. The van der Waals surface area contributed by atoms with Gasteiger partial charge in [-0.3, -0.25) is 10.1 Å². The minimum absolute atomic E-state index is 0.00101. The highest BCUT2D eigenvalue weighted by molar-refractivity contribution is 9.10. The van der Waals surface area contributed by atoms with E-state index in [0.29, 0.717) is 18.0 Å². The standard InChI is InChI=1S/C14H13BrN2O3/c1-20-14-7-12(6-13(8-14)17(18)19)16-9-10-3-2-4-11(15)5-10/h2-8,16H,9H2,1H3. The van der Waals surface area contributed by atoms with E-state index in [0.717, 1.165) is 10.0 Å². The van der Waals surface area contributed by atoms with Crippen molar-refractivity contribution in [1.29, 1.82) is 0 Å². The number of nitrogens with one attached hydrogen (secondary N) is 1. The average molecular weight is 337 g/mol. The Hall–Kier alpha value is -2.08. The van der Waals surface area contributed by atoms with E-state index in [1.165, 1.54) is 19.2 Å². The largest absolute Gasteiger partial charge is 0.496 e. The molecule has 104 valence electrons. The van der Waals surface area contributed by atoms with Crippen LogP contribution in [0.5, 0.6) is 5.75 Å². The number of nitrogens with zero attached hydrogens (tertiary/aromatic N) is 1. The lowest BCUT2D eigenvalue weighted by molar-refractivity contribution is -0.384. The highest BCUT2D eigenvalue weighted by Gasteiger charge is 2.10. The quantitative estimate of drug-likeness (QED) is 0.662. The minimum atomic E-state index is -0.438. The molecule has 0 unspecified atom stereocenters. The molecule has 0 atom stereocenters. The molecule has 0 aliphatic rings. The van der Waals surface area contributed by atoms with Gasteiger partial charge in [0, 0.05) is 28.8 Å². The summed E-state index contributed by atoms with van der Waals surface area (Å²) in [5.74, 6) is 0.455. The van der Waals surface area contributed by atoms with Crippen LogP contribution in [0.3, 0.4) is 0 Å². The molecule has 1 N–H and O–H groups in total. The van der Waals surface area contributed by atoms with Crippen LogP contribution in [0.1, 0.15) is 5.56 Å². The summed E-state index contributed by atoms with van der Waals surface area (Å²) in [6.45, 7) is 0.573. The second-order valence-corrected chi connectivity index (χ2v) is 5.08. The van der Waals surface area contributed by atoms with E-state index >= 15 is 0 Å². The van der Waals surface area contributed by atoms with Gasteiger partial charge in [0.2, 0.25) is 0 Å². The van der Waals surface area contributed by atoms with E-state index in [9.17, 15) is 10.1 Å². The first-order chi connectivity index (χ1) is 9.58. The molecular weight excluding hydrogens is 324 g/mol. The fourth-order valence-electron chi connectivity index (χ4n) is 1.76. The van der Waals surface area contributed by atoms with Crippen molar-refractivity contribution in [1.82, 2.24) is 0 Å². The van der Waals surface area contributed by atoms with Gasteiger partial charge in [-0.2, -0.15) is 0 Å². The number of ether oxygens (including phenoxy) is 1. The third kappa shape index (κ3) is 3.71. The SMILES string of the molecule is COc1cc(NCc2cccc(Br)c2)cc([N+](=O)[O-])c1. The molecule has 6 heteroatoms. The maximum atomic E-state index is 10.9. The number of nitro groups is 1. The van der Waals surface area contributed by atoms with E-state index in [2.05, 4.69) is 21.2 Å². The molecule has 0 saturated heterocycles. The molecule has 0 radical (unpaired) electrons. The molecule has 0 aromatic heterocycles. The first-order valence-electron chi connectivity index (χ1n) is 5.90. The van der Waals surface area contributed by atoms with Gasteiger partial charge in [0.05, 0.1) is 18.1 Å². The normalized spacial score (nSPS) is 10.1. The van der Waals surface area contributed by atoms with Crippen LogP contribution in [-0.4, -0.2) is 12.0 Å². The van der Waals surface area contributed by atoms with Crippen molar-refractivity contribution in [3.63, 3.8) is 0 Å². The molecule has 0 fully saturated rings. The Labute approximate surface area is 124 Å². The number of hydrogen-bond acceptors (Lipinski definition) is 4. The molecule has 0 heterocycles. The summed E-state index contributed by atoms with van der Waals surface area (Å²) in [4.78, 5) is 10.4. The van der Waals surface area contributed by atoms with Crippen molar-refractivity contribution >= 4 is 27.3 Å². The highest BCUT2D eigenvalue weighted by Crippen LogP contribution is 2.26. The van der Waals surface area contributed by atoms with Gasteiger partial charge in [-0.15, -0.1) is 0 Å². The zero-order valence-electron chi connectivity index (χ0n) is 10.8. The van der Waals surface area contributed by atoms with Gasteiger partial charge in [0.15, 0.2) is 0 Å². The van der Waals surface area contributed by atoms with Crippen molar-refractivity contribution < 1.29 is 9.66 Å². The molecule has 0 spiro atoms. The Kier molecular flexibility index (Phi) is 4.57. The molecule has 2 aromatic carbocycles. The number of halogens is 1. The van der Waals surface area contributed by atoms with Crippen LogP contribution in [0.15, 0.2) is 46.9 Å². The van der Waals surface area contributed by atoms with Crippen molar-refractivity contribution in [2.24, 2.45) is 0 Å². The molecule has 0 aliphatic heterocycles. The van der Waals surface area contributed by atoms with Crippen molar-refractivity contribution in [2.75, 3.05) is 12.4 Å². The van der Waals surface area contributed by atoms with E-state index in [1.54, 1.807) is 6.07 Å². The van der Waals surface area contributed by atoms with Gasteiger partial charge in [0.1, 0.15) is 5.75 Å². The maximum Gasteiger partial charge on any atom is 0.275 e. The molecule has 5 nitrogen and oxygen atoms in total. The van der Waals surface area contributed by atoms with Gasteiger partial charge in [-0.1, -0.05) is 28.1 Å². The zero-order chi connectivity index (χ0) is 14.5. The smallest absolute Gasteiger partial charge is 0.275 e. The number of rotatable bonds is 5. The van der Waals surface area contributed by atoms with Gasteiger partial charge >= 0.3 is 0 Å². The van der Waals surface area contributed by atoms with Crippen molar-refractivity contribution in [3.05, 3.63) is 62.6 Å². The molecule has 0 amide bonds. The van der Waals surface area contributed by atoms with Crippen LogP contribution in [0, 0.1) is 10.1 Å². The van der Waals surface area contributed by atoms with Crippen LogP contribution >= 0.6 is 15.9 Å². The maximum absolute atomic E-state index is 10.9. The third-order valence-electron chi connectivity index (χ3n) is 2.72. The number of methoxy groups -OCH3 is 1. The van der Waals surface area contributed by atoms with Crippen molar-refractivity contribution in [2.45, 2.75) is 6.54 Å². The van der Waals surface area contributed by atoms with E-state index in [1.807, 2.05) is 24.3 Å². The Balaban J connectivity index is 2.16. The number of non-ortho nitro benzene ring substituents is 1. The van der Waals surface area contributed by atoms with Gasteiger partial charge in [-0.25, -0.2) is 0 Å². The molecule has 0 bridgehead atoms. The van der Waals surface area contributed by atoms with E-state index in [4.69, 9.17) is 4.74 Å². The molecule has 0 aliphatic carbocycles. The van der Waals surface area contributed by atoms with Crippen LogP contribution in [-0.2, 0) is 6.54 Å². The van der Waals surface area contributed by atoms with Crippen LogP contribution in [0.2, 0.25) is 0 Å². The number of hydrogen-bond donors (Lipinski definition) is 1. The number of benzene rings is 2. The number of anilines is 1. The van der Waals surface area contributed by atoms with E-state index in [-0.39, 0.29) is 5.69 Å². The van der Waals surface area contributed by atoms with Gasteiger partial charge in [0.25, 0.3) is 5.69 Å². The molecule has 2 aromatic rings. The first-order valence-corrected chi connectivity index (χ1v) is 6.69. The molecular formula is C14H13BrN2O3. The topological polar surface area (TPSA) is 64.4 Å². The lowest BCUT2D eigenvalue weighted by Gasteiger charge is -2.08. The van der Waals surface area contributed by atoms with Crippen LogP contribution < -0.4 is 10.1 Å². The Bertz CT molecular complexity index is 632. The summed E-state index contributed by atoms with van der Waals surface area (Å²) in [5, 5.41) is 14.0. The summed E-state index contributed by atoms with van der Waals surface area (Å²) in [6, 6.07) is 12.5. The Morgan fingerprint density at radius 1 is 1.30 bits per heavy atom. The molecule has 2 rings (SSSR count). The summed E-state index contributed by atoms with van der Waals surface area (Å²) in [7, 11) is 1.48. The monoisotopic (exact) mass is 336 g/mol. The molecule has 20 heavy (non-hydrogen) atoms. The van der Waals surface area contributed by atoms with E-state index < -0.39 is 4.92 Å². The predicted molar refractivity (Wildman–Crippen MR) is 81.1 cm³/mol. The summed E-state index contributed by atoms with van der Waals surface area (Å²) in [5.41, 5.74) is 1.72. The fraction of sp³-hybridized carbons (Fsp3) is 0.143. The Morgan fingerprint density at radius 2 is 2.10 bits per heavy atom. The molecule has 0 saturated carbocycles. The second kappa shape index (κ2) is 6.38. The fourth-order valence-corrected chi connectivity index (χ4v) is 2.21. The summed E-state index contributed by atoms with van der Waals surface area (Å²) in [6.07, 6.45) is 0. The lowest BCUT2D eigenvalue weighted by Crippen LogP contribution is -2.00. The predicted octanol–water partition coefficient (Wildman–Crippen LogP) is 3.98. The summed E-state index contributed by atoms with van der Waals surface area (Å²) >= 11 is 3.40. The Morgan fingerprint density at radius 3 is 2.75 bits per heavy atom. The van der Waals surface area contributed by atoms with Crippen LogP contribution in [0.4, 0.5) is 11.4 Å². The number of nitro benzene ring substituents is 1. The average Bonchev–Trinajstić information content (AvgIpc) is 2.45. The van der Waals surface area contributed by atoms with Crippen molar-refractivity contribution in [3.8, 4) is 5.75 Å². The third-order valence-corrected chi connectivity index (χ3v) is 3.22. The van der Waals surface area contributed by atoms with Gasteiger partial charge < -0.3 is 10.1 Å². The summed E-state index contributed by atoms with van der Waals surface area (Å²) < 4.78 is 6.06. The highest BCUT2D eigenvalue weighted by atomic mass is 79.9.